The smallest absolute Gasteiger partial charge is 0.277 e. The Bertz CT molecular complexity index is 1140. The largest absolute Gasteiger partial charge is 0.343 e. The van der Waals surface area contributed by atoms with Gasteiger partial charge in [0.1, 0.15) is 5.65 Å². The average Bonchev–Trinajstić information content (AvgIpc) is 3.22. The molecule has 0 aliphatic rings. The van der Waals surface area contributed by atoms with Crippen LogP contribution >= 0.6 is 11.6 Å². The first-order valence-electron chi connectivity index (χ1n) is 7.85. The number of halogens is 1. The lowest BCUT2D eigenvalue weighted by atomic mass is 10.1. The SMILES string of the molecule is CCc1c(C)[nH]c2c(-c3cnn(-c4cc(Cl)ccn4)c3)cnn2c1=O. The Morgan fingerprint density at radius 1 is 1.28 bits per heavy atom. The number of pyridine rings is 1. The van der Waals surface area contributed by atoms with Gasteiger partial charge in [0, 0.05) is 45.9 Å². The van der Waals surface area contributed by atoms with E-state index in [1.807, 2.05) is 20.0 Å². The molecule has 126 valence electrons. The third-order valence-electron chi connectivity index (χ3n) is 4.17. The van der Waals surface area contributed by atoms with Crippen molar-refractivity contribution in [2.45, 2.75) is 20.3 Å². The average molecular weight is 355 g/mol. The first kappa shape index (κ1) is 15.6. The molecule has 0 spiro atoms. The number of aromatic amines is 1. The standard InChI is InChI=1S/C17H15ClN6O/c1-3-13-10(2)22-16-14(8-21-24(16)17(13)25)11-7-20-23(9-11)15-6-12(18)4-5-19-15/h4-9,22H,3H2,1-2H3. The van der Waals surface area contributed by atoms with Crippen LogP contribution in [0.5, 0.6) is 0 Å². The van der Waals surface area contributed by atoms with Gasteiger partial charge in [-0.2, -0.15) is 14.7 Å². The van der Waals surface area contributed by atoms with Crippen LogP contribution in [0.4, 0.5) is 0 Å². The van der Waals surface area contributed by atoms with Crippen LogP contribution in [-0.2, 0) is 6.42 Å². The minimum absolute atomic E-state index is 0.0936. The minimum Gasteiger partial charge on any atom is -0.343 e. The van der Waals surface area contributed by atoms with Crippen LogP contribution in [0.15, 0.2) is 41.7 Å². The molecule has 1 N–H and O–H groups in total. The Morgan fingerprint density at radius 2 is 2.12 bits per heavy atom. The maximum Gasteiger partial charge on any atom is 0.277 e. The van der Waals surface area contributed by atoms with Gasteiger partial charge in [-0.25, -0.2) is 9.67 Å². The summed E-state index contributed by atoms with van der Waals surface area (Å²) in [6.45, 7) is 3.85. The van der Waals surface area contributed by atoms with E-state index in [0.29, 0.717) is 22.9 Å². The molecule has 0 amide bonds. The Hall–Kier alpha value is -2.93. The molecule has 25 heavy (non-hydrogen) atoms. The summed E-state index contributed by atoms with van der Waals surface area (Å²) in [5, 5.41) is 9.16. The van der Waals surface area contributed by atoms with Crippen LogP contribution in [0.1, 0.15) is 18.2 Å². The predicted molar refractivity (Wildman–Crippen MR) is 95.3 cm³/mol. The normalized spacial score (nSPS) is 11.3. The molecule has 0 fully saturated rings. The van der Waals surface area contributed by atoms with Gasteiger partial charge in [0.05, 0.1) is 12.4 Å². The third-order valence-corrected chi connectivity index (χ3v) is 4.40. The summed E-state index contributed by atoms with van der Waals surface area (Å²) in [6, 6.07) is 3.44. The predicted octanol–water partition coefficient (Wildman–Crippen LogP) is 2.79. The summed E-state index contributed by atoms with van der Waals surface area (Å²) in [5.74, 6) is 0.619. The topological polar surface area (TPSA) is 80.9 Å². The molecule has 0 aliphatic heterocycles. The molecule has 7 nitrogen and oxygen atoms in total. The summed E-state index contributed by atoms with van der Waals surface area (Å²) in [5.41, 5.74) is 3.78. The maximum absolute atomic E-state index is 12.5. The molecule has 0 aliphatic carbocycles. The lowest BCUT2D eigenvalue weighted by molar-refractivity contribution is 0.847. The van der Waals surface area contributed by atoms with Gasteiger partial charge in [-0.1, -0.05) is 18.5 Å². The second-order valence-corrected chi connectivity index (χ2v) is 6.15. The molecule has 0 saturated heterocycles. The van der Waals surface area contributed by atoms with Crippen molar-refractivity contribution >= 4 is 17.2 Å². The summed E-state index contributed by atoms with van der Waals surface area (Å²) >= 11 is 6.01. The summed E-state index contributed by atoms with van der Waals surface area (Å²) in [4.78, 5) is 20.1. The van der Waals surface area contributed by atoms with Gasteiger partial charge in [-0.3, -0.25) is 4.79 Å². The zero-order valence-electron chi connectivity index (χ0n) is 13.7. The van der Waals surface area contributed by atoms with E-state index in [1.165, 1.54) is 4.52 Å². The molecule has 4 aromatic heterocycles. The number of hydrogen-bond donors (Lipinski definition) is 1. The van der Waals surface area contributed by atoms with E-state index in [4.69, 9.17) is 11.6 Å². The molecule has 0 bridgehead atoms. The number of nitrogens with one attached hydrogen (secondary N) is 1. The van der Waals surface area contributed by atoms with Crippen LogP contribution in [0.25, 0.3) is 22.6 Å². The highest BCUT2D eigenvalue weighted by Crippen LogP contribution is 2.24. The van der Waals surface area contributed by atoms with E-state index in [2.05, 4.69) is 20.2 Å². The van der Waals surface area contributed by atoms with Crippen molar-refractivity contribution < 1.29 is 0 Å². The molecule has 4 aromatic rings. The number of aryl methyl sites for hydroxylation is 1. The fraction of sp³-hybridized carbons (Fsp3) is 0.176. The Balaban J connectivity index is 1.85. The van der Waals surface area contributed by atoms with Gasteiger partial charge in [-0.15, -0.1) is 0 Å². The summed E-state index contributed by atoms with van der Waals surface area (Å²) < 4.78 is 3.03. The minimum atomic E-state index is -0.0936. The fourth-order valence-corrected chi connectivity index (χ4v) is 3.05. The van der Waals surface area contributed by atoms with E-state index in [-0.39, 0.29) is 5.56 Å². The number of fused-ring (bicyclic) bond motifs is 1. The van der Waals surface area contributed by atoms with Crippen molar-refractivity contribution in [1.82, 2.24) is 29.4 Å². The van der Waals surface area contributed by atoms with Crippen molar-refractivity contribution in [3.05, 3.63) is 63.6 Å². The molecule has 0 saturated carbocycles. The molecule has 4 rings (SSSR count). The molecule has 0 atom stereocenters. The van der Waals surface area contributed by atoms with Crippen molar-refractivity contribution in [3.63, 3.8) is 0 Å². The molecule has 8 heteroatoms. The quantitative estimate of drug-likeness (QED) is 0.613. The van der Waals surface area contributed by atoms with E-state index in [1.54, 1.807) is 35.4 Å². The number of H-pyrrole nitrogens is 1. The molecular weight excluding hydrogens is 340 g/mol. The second kappa shape index (κ2) is 5.86. The van der Waals surface area contributed by atoms with Crippen LogP contribution in [0, 0.1) is 6.92 Å². The zero-order valence-corrected chi connectivity index (χ0v) is 14.4. The third kappa shape index (κ3) is 2.53. The fourth-order valence-electron chi connectivity index (χ4n) is 2.90. The Kier molecular flexibility index (Phi) is 3.65. The van der Waals surface area contributed by atoms with Gasteiger partial charge in [0.15, 0.2) is 5.82 Å². The highest BCUT2D eigenvalue weighted by Gasteiger charge is 2.15. The highest BCUT2D eigenvalue weighted by atomic mass is 35.5. The van der Waals surface area contributed by atoms with Crippen molar-refractivity contribution in [2.75, 3.05) is 0 Å². The highest BCUT2D eigenvalue weighted by molar-refractivity contribution is 6.30. The number of hydrogen-bond acceptors (Lipinski definition) is 4. The van der Waals surface area contributed by atoms with Crippen LogP contribution in [0.2, 0.25) is 5.02 Å². The number of nitrogens with zero attached hydrogens (tertiary/aromatic N) is 5. The van der Waals surface area contributed by atoms with E-state index >= 15 is 0 Å². The lowest BCUT2D eigenvalue weighted by Crippen LogP contribution is -2.21. The van der Waals surface area contributed by atoms with Gasteiger partial charge in [-0.05, 0) is 19.4 Å². The van der Waals surface area contributed by atoms with Crippen molar-refractivity contribution in [2.24, 2.45) is 0 Å². The second-order valence-electron chi connectivity index (χ2n) is 5.71. The molecule has 0 radical (unpaired) electrons. The van der Waals surface area contributed by atoms with Crippen molar-refractivity contribution in [3.8, 4) is 16.9 Å². The van der Waals surface area contributed by atoms with Gasteiger partial charge >= 0.3 is 0 Å². The van der Waals surface area contributed by atoms with Crippen LogP contribution in [-0.4, -0.2) is 29.4 Å². The monoisotopic (exact) mass is 354 g/mol. The van der Waals surface area contributed by atoms with E-state index < -0.39 is 0 Å². The van der Waals surface area contributed by atoms with E-state index in [9.17, 15) is 4.79 Å². The van der Waals surface area contributed by atoms with Crippen LogP contribution in [0.3, 0.4) is 0 Å². The molecular formula is C17H15ClN6O. The number of aromatic nitrogens is 6. The first-order valence-corrected chi connectivity index (χ1v) is 8.22. The lowest BCUT2D eigenvalue weighted by Gasteiger charge is -2.04. The van der Waals surface area contributed by atoms with Crippen LogP contribution < -0.4 is 5.56 Å². The molecule has 4 heterocycles. The summed E-state index contributed by atoms with van der Waals surface area (Å²) in [7, 11) is 0. The zero-order chi connectivity index (χ0) is 17.6. The van der Waals surface area contributed by atoms with Gasteiger partial charge in [0.25, 0.3) is 5.56 Å². The summed E-state index contributed by atoms with van der Waals surface area (Å²) in [6.07, 6.45) is 7.49. The van der Waals surface area contributed by atoms with Crippen molar-refractivity contribution in [1.29, 1.82) is 0 Å². The maximum atomic E-state index is 12.5. The molecule has 0 aromatic carbocycles. The Morgan fingerprint density at radius 3 is 2.88 bits per heavy atom. The number of rotatable bonds is 3. The first-order chi connectivity index (χ1) is 12.1. The Labute approximate surface area is 147 Å². The molecule has 0 unspecified atom stereocenters. The van der Waals surface area contributed by atoms with Gasteiger partial charge in [0.2, 0.25) is 0 Å². The van der Waals surface area contributed by atoms with E-state index in [0.717, 1.165) is 22.4 Å². The van der Waals surface area contributed by atoms with Gasteiger partial charge < -0.3 is 4.98 Å².